The summed E-state index contributed by atoms with van der Waals surface area (Å²) in [5.41, 5.74) is 0. The van der Waals surface area contributed by atoms with Crippen LogP contribution >= 0.6 is 0 Å². The molecule has 2 rings (SSSR count). The third kappa shape index (κ3) is 5.63. The van der Waals surface area contributed by atoms with E-state index in [1.165, 1.54) is 23.2 Å². The van der Waals surface area contributed by atoms with Crippen molar-refractivity contribution < 1.29 is 21.6 Å². The van der Waals surface area contributed by atoms with E-state index in [4.69, 9.17) is 5.14 Å². The Morgan fingerprint density at radius 1 is 1.35 bits per heavy atom. The van der Waals surface area contributed by atoms with Crippen molar-refractivity contribution in [3.8, 4) is 0 Å². The van der Waals surface area contributed by atoms with Gasteiger partial charge in [0.1, 0.15) is 10.7 Å². The summed E-state index contributed by atoms with van der Waals surface area (Å²) in [4.78, 5) is 5.26. The minimum absolute atomic E-state index is 0.0884. The number of aromatic nitrogens is 1. The Kier molecular flexibility index (Phi) is 5.48. The molecule has 1 aromatic rings. The Labute approximate surface area is 132 Å². The Morgan fingerprint density at radius 2 is 2.00 bits per heavy atom. The van der Waals surface area contributed by atoms with Crippen LogP contribution in [0.25, 0.3) is 0 Å². The lowest BCUT2D eigenvalue weighted by Crippen LogP contribution is -2.41. The number of rotatable bonds is 5. The van der Waals surface area contributed by atoms with Crippen LogP contribution in [0, 0.1) is 5.92 Å². The average Bonchev–Trinajstić information content (AvgIpc) is 2.44. The molecule has 3 N–H and O–H groups in total. The van der Waals surface area contributed by atoms with Gasteiger partial charge in [-0.15, -0.1) is 0 Å². The van der Waals surface area contributed by atoms with E-state index in [1.54, 1.807) is 0 Å². The van der Waals surface area contributed by atoms with Gasteiger partial charge in [-0.1, -0.05) is 0 Å². The van der Waals surface area contributed by atoms with E-state index in [9.17, 15) is 21.6 Å². The number of nitrogens with one attached hydrogen (secondary N) is 1. The molecule has 10 heteroatoms. The second-order valence-corrected chi connectivity index (χ2v) is 7.14. The van der Waals surface area contributed by atoms with Crippen molar-refractivity contribution in [2.24, 2.45) is 11.1 Å². The maximum Gasteiger partial charge on any atom is 0.401 e. The SMILES string of the molecule is NS(=O)(=O)c1cccnc1NCC1CCN(CC(F)(F)F)CC1. The molecule has 130 valence electrons. The topological polar surface area (TPSA) is 88.3 Å². The van der Waals surface area contributed by atoms with Gasteiger partial charge in [-0.2, -0.15) is 13.2 Å². The van der Waals surface area contributed by atoms with Crippen LogP contribution in [-0.2, 0) is 10.0 Å². The lowest BCUT2D eigenvalue weighted by atomic mass is 9.97. The fourth-order valence-corrected chi connectivity index (χ4v) is 3.26. The number of alkyl halides is 3. The molecule has 0 unspecified atom stereocenters. The fraction of sp³-hybridized carbons (Fsp3) is 0.615. The summed E-state index contributed by atoms with van der Waals surface area (Å²) in [6, 6.07) is 2.83. The molecule has 0 saturated carbocycles. The largest absolute Gasteiger partial charge is 0.401 e. The van der Waals surface area contributed by atoms with Crippen molar-refractivity contribution in [3.63, 3.8) is 0 Å². The van der Waals surface area contributed by atoms with Crippen LogP contribution in [0.2, 0.25) is 0 Å². The number of hydrogen-bond donors (Lipinski definition) is 2. The van der Waals surface area contributed by atoms with Gasteiger partial charge in [-0.05, 0) is 44.0 Å². The Bertz CT molecular complexity index is 628. The van der Waals surface area contributed by atoms with Gasteiger partial charge in [0.2, 0.25) is 10.0 Å². The minimum Gasteiger partial charge on any atom is -0.369 e. The first-order valence-electron chi connectivity index (χ1n) is 7.16. The monoisotopic (exact) mass is 352 g/mol. The Morgan fingerprint density at radius 3 is 2.57 bits per heavy atom. The van der Waals surface area contributed by atoms with E-state index in [0.717, 1.165) is 0 Å². The summed E-state index contributed by atoms with van der Waals surface area (Å²) in [6.45, 7) is 0.300. The molecule has 1 aliphatic heterocycles. The molecule has 2 heterocycles. The Balaban J connectivity index is 1.87. The second kappa shape index (κ2) is 7.02. The zero-order chi connectivity index (χ0) is 17.1. The molecule has 1 aromatic heterocycles. The number of anilines is 1. The summed E-state index contributed by atoms with van der Waals surface area (Å²) in [6.07, 6.45) is -1.51. The van der Waals surface area contributed by atoms with E-state index in [1.807, 2.05) is 0 Å². The molecule has 0 bridgehead atoms. The van der Waals surface area contributed by atoms with Crippen molar-refractivity contribution in [2.75, 3.05) is 31.5 Å². The second-order valence-electron chi connectivity index (χ2n) is 5.61. The number of likely N-dealkylation sites (tertiary alicyclic amines) is 1. The molecule has 0 aromatic carbocycles. The van der Waals surface area contributed by atoms with Gasteiger partial charge < -0.3 is 5.32 Å². The van der Waals surface area contributed by atoms with Crippen LogP contribution in [0.5, 0.6) is 0 Å². The molecule has 0 radical (unpaired) electrons. The molecule has 1 saturated heterocycles. The van der Waals surface area contributed by atoms with Crippen LogP contribution in [0.15, 0.2) is 23.2 Å². The number of hydrogen-bond acceptors (Lipinski definition) is 5. The third-order valence-corrected chi connectivity index (χ3v) is 4.69. The third-order valence-electron chi connectivity index (χ3n) is 3.75. The molecule has 0 amide bonds. The van der Waals surface area contributed by atoms with E-state index >= 15 is 0 Å². The highest BCUT2D eigenvalue weighted by Gasteiger charge is 2.32. The van der Waals surface area contributed by atoms with Crippen LogP contribution in [0.1, 0.15) is 12.8 Å². The van der Waals surface area contributed by atoms with Crippen molar-refractivity contribution in [3.05, 3.63) is 18.3 Å². The lowest BCUT2D eigenvalue weighted by molar-refractivity contribution is -0.148. The predicted octanol–water partition coefficient (Wildman–Crippen LogP) is 1.42. The molecule has 0 aliphatic carbocycles. The maximum absolute atomic E-state index is 12.3. The summed E-state index contributed by atoms with van der Waals surface area (Å²) < 4.78 is 59.9. The number of halogens is 3. The van der Waals surface area contributed by atoms with Gasteiger partial charge in [0.25, 0.3) is 0 Å². The molecular weight excluding hydrogens is 333 g/mol. The molecular formula is C13H19F3N4O2S. The molecule has 23 heavy (non-hydrogen) atoms. The number of sulfonamides is 1. The van der Waals surface area contributed by atoms with Crippen molar-refractivity contribution >= 4 is 15.8 Å². The first-order chi connectivity index (χ1) is 10.6. The molecule has 0 spiro atoms. The van der Waals surface area contributed by atoms with E-state index in [2.05, 4.69) is 10.3 Å². The van der Waals surface area contributed by atoms with Gasteiger partial charge in [-0.25, -0.2) is 18.5 Å². The first kappa shape index (κ1) is 18.0. The van der Waals surface area contributed by atoms with Gasteiger partial charge in [0.05, 0.1) is 6.54 Å². The highest BCUT2D eigenvalue weighted by Crippen LogP contribution is 2.23. The normalized spacial score (nSPS) is 18.1. The summed E-state index contributed by atoms with van der Waals surface area (Å²) in [5.74, 6) is 0.336. The number of pyridine rings is 1. The summed E-state index contributed by atoms with van der Waals surface area (Å²) in [7, 11) is -3.87. The van der Waals surface area contributed by atoms with E-state index in [0.29, 0.717) is 32.5 Å². The van der Waals surface area contributed by atoms with E-state index < -0.39 is 22.7 Å². The minimum atomic E-state index is -4.18. The summed E-state index contributed by atoms with van der Waals surface area (Å²) in [5, 5.41) is 8.06. The predicted molar refractivity (Wildman–Crippen MR) is 79.3 cm³/mol. The van der Waals surface area contributed by atoms with Crippen molar-refractivity contribution in [1.29, 1.82) is 0 Å². The standard InChI is InChI=1S/C13H19F3N4O2S/c14-13(15,16)9-20-6-3-10(4-7-20)8-19-12-11(23(17,21)22)2-1-5-18-12/h1-2,5,10H,3-4,6-9H2,(H,18,19)(H2,17,21,22). The Hall–Kier alpha value is -1.39. The van der Waals surface area contributed by atoms with E-state index in [-0.39, 0.29) is 16.6 Å². The van der Waals surface area contributed by atoms with Crippen LogP contribution < -0.4 is 10.5 Å². The van der Waals surface area contributed by atoms with Crippen molar-refractivity contribution in [2.45, 2.75) is 23.9 Å². The number of nitrogens with zero attached hydrogens (tertiary/aromatic N) is 2. The fourth-order valence-electron chi connectivity index (χ4n) is 2.60. The summed E-state index contributed by atoms with van der Waals surface area (Å²) >= 11 is 0. The molecule has 6 nitrogen and oxygen atoms in total. The van der Waals surface area contributed by atoms with Crippen LogP contribution in [-0.4, -0.2) is 50.7 Å². The molecule has 1 aliphatic rings. The van der Waals surface area contributed by atoms with Crippen molar-refractivity contribution in [1.82, 2.24) is 9.88 Å². The van der Waals surface area contributed by atoms with Crippen LogP contribution in [0.4, 0.5) is 19.0 Å². The zero-order valence-corrected chi connectivity index (χ0v) is 13.2. The molecule has 1 fully saturated rings. The van der Waals surface area contributed by atoms with Crippen LogP contribution in [0.3, 0.4) is 0 Å². The highest BCUT2D eigenvalue weighted by atomic mass is 32.2. The number of primary sulfonamides is 1. The smallest absolute Gasteiger partial charge is 0.369 e. The van der Waals surface area contributed by atoms with Gasteiger partial charge in [0.15, 0.2) is 0 Å². The number of nitrogens with two attached hydrogens (primary N) is 1. The quantitative estimate of drug-likeness (QED) is 0.837. The lowest BCUT2D eigenvalue weighted by Gasteiger charge is -2.32. The van der Waals surface area contributed by atoms with Gasteiger partial charge in [0, 0.05) is 12.7 Å². The maximum atomic E-state index is 12.3. The first-order valence-corrected chi connectivity index (χ1v) is 8.70. The van der Waals surface area contributed by atoms with Gasteiger partial charge >= 0.3 is 6.18 Å². The number of piperidine rings is 1. The average molecular weight is 352 g/mol. The van der Waals surface area contributed by atoms with Gasteiger partial charge in [-0.3, -0.25) is 4.90 Å². The highest BCUT2D eigenvalue weighted by molar-refractivity contribution is 7.89. The molecule has 0 atom stereocenters. The zero-order valence-electron chi connectivity index (χ0n) is 12.4.